The number of likely N-dealkylation sites (N-methyl/N-ethyl adjacent to an activating group) is 1. The molecule has 1 atom stereocenters. The lowest BCUT2D eigenvalue weighted by Gasteiger charge is -2.15. The Morgan fingerprint density at radius 2 is 1.94 bits per heavy atom. The largest absolute Gasteiger partial charge is 0.508 e. The Morgan fingerprint density at radius 3 is 2.44 bits per heavy atom. The van der Waals surface area contributed by atoms with Crippen LogP contribution in [0.15, 0.2) is 24.3 Å². The predicted octanol–water partition coefficient (Wildman–Crippen LogP) is 2.35. The molecule has 3 nitrogen and oxygen atoms in total. The molecule has 0 amide bonds. The molecule has 1 rings (SSSR count). The summed E-state index contributed by atoms with van der Waals surface area (Å²) in [5.41, 5.74) is 0.650. The van der Waals surface area contributed by atoms with Crippen molar-refractivity contribution < 1.29 is 9.90 Å². The molecule has 0 fully saturated rings. The van der Waals surface area contributed by atoms with E-state index in [2.05, 4.69) is 12.2 Å². The van der Waals surface area contributed by atoms with E-state index in [0.717, 1.165) is 19.4 Å². The minimum atomic E-state index is -0.112. The molecule has 1 aromatic carbocycles. The zero-order valence-electron chi connectivity index (χ0n) is 9.86. The third kappa shape index (κ3) is 3.35. The van der Waals surface area contributed by atoms with E-state index in [1.807, 2.05) is 6.92 Å². The van der Waals surface area contributed by atoms with Gasteiger partial charge in [0.15, 0.2) is 5.78 Å². The van der Waals surface area contributed by atoms with E-state index >= 15 is 0 Å². The Morgan fingerprint density at radius 1 is 1.31 bits per heavy atom. The predicted molar refractivity (Wildman–Crippen MR) is 64.8 cm³/mol. The van der Waals surface area contributed by atoms with Crippen LogP contribution < -0.4 is 5.32 Å². The molecule has 0 saturated carbocycles. The number of nitrogens with one attached hydrogen (secondary N) is 1. The normalized spacial score (nSPS) is 12.4. The molecule has 0 aromatic heterocycles. The van der Waals surface area contributed by atoms with Crippen molar-refractivity contribution in [3.8, 4) is 5.75 Å². The Balaban J connectivity index is 2.77. The molecule has 1 unspecified atom stereocenters. The average molecular weight is 221 g/mol. The van der Waals surface area contributed by atoms with Crippen molar-refractivity contribution in [1.29, 1.82) is 0 Å². The van der Waals surface area contributed by atoms with Crippen LogP contribution in [0, 0.1) is 0 Å². The molecular weight excluding hydrogens is 202 g/mol. The van der Waals surface area contributed by atoms with Gasteiger partial charge < -0.3 is 10.4 Å². The summed E-state index contributed by atoms with van der Waals surface area (Å²) in [6, 6.07) is 6.30. The van der Waals surface area contributed by atoms with E-state index in [9.17, 15) is 4.79 Å². The average Bonchev–Trinajstić information content (AvgIpc) is 2.29. The molecule has 1 aromatic rings. The van der Waals surface area contributed by atoms with Crippen LogP contribution >= 0.6 is 0 Å². The molecule has 0 aliphatic rings. The number of hydrogen-bond acceptors (Lipinski definition) is 3. The van der Waals surface area contributed by atoms with Gasteiger partial charge in [0.1, 0.15) is 5.75 Å². The van der Waals surface area contributed by atoms with Gasteiger partial charge in [-0.15, -0.1) is 0 Å². The molecule has 0 saturated heterocycles. The molecule has 2 N–H and O–H groups in total. The summed E-state index contributed by atoms with van der Waals surface area (Å²) < 4.78 is 0. The molecule has 0 bridgehead atoms. The van der Waals surface area contributed by atoms with E-state index in [4.69, 9.17) is 5.11 Å². The Labute approximate surface area is 96.5 Å². The second-order valence-corrected chi connectivity index (χ2v) is 3.81. The molecule has 3 heteroatoms. The minimum absolute atomic E-state index is 0.101. The molecular formula is C13H19NO2. The van der Waals surface area contributed by atoms with Gasteiger partial charge in [-0.1, -0.05) is 20.3 Å². The number of Topliss-reactive ketones (excluding diaryl/α,β-unsaturated/α-hetero) is 1. The van der Waals surface area contributed by atoms with Gasteiger partial charge in [-0.2, -0.15) is 0 Å². The van der Waals surface area contributed by atoms with Gasteiger partial charge in [-0.05, 0) is 37.2 Å². The lowest BCUT2D eigenvalue weighted by molar-refractivity contribution is 0.0938. The van der Waals surface area contributed by atoms with Gasteiger partial charge in [0.25, 0.3) is 0 Å². The number of aromatic hydroxyl groups is 1. The van der Waals surface area contributed by atoms with Crippen molar-refractivity contribution in [3.05, 3.63) is 29.8 Å². The molecule has 0 heterocycles. The van der Waals surface area contributed by atoms with Crippen LogP contribution in [0.5, 0.6) is 5.75 Å². The number of rotatable bonds is 6. The summed E-state index contributed by atoms with van der Waals surface area (Å²) in [7, 11) is 0. The summed E-state index contributed by atoms with van der Waals surface area (Å²) in [6.45, 7) is 4.84. The smallest absolute Gasteiger partial charge is 0.179 e. The number of phenols is 1. The van der Waals surface area contributed by atoms with Crippen LogP contribution in [0.2, 0.25) is 0 Å². The monoisotopic (exact) mass is 221 g/mol. The zero-order chi connectivity index (χ0) is 12.0. The first-order chi connectivity index (χ1) is 7.69. The van der Waals surface area contributed by atoms with Crippen LogP contribution in [0.4, 0.5) is 0 Å². The fourth-order valence-corrected chi connectivity index (χ4v) is 1.69. The highest BCUT2D eigenvalue weighted by Gasteiger charge is 2.17. The molecule has 16 heavy (non-hydrogen) atoms. The topological polar surface area (TPSA) is 49.3 Å². The van der Waals surface area contributed by atoms with Gasteiger partial charge in [-0.3, -0.25) is 4.79 Å². The van der Waals surface area contributed by atoms with Crippen LogP contribution in [-0.2, 0) is 0 Å². The summed E-state index contributed by atoms with van der Waals surface area (Å²) in [4.78, 5) is 12.1. The minimum Gasteiger partial charge on any atom is -0.508 e. The van der Waals surface area contributed by atoms with Crippen molar-refractivity contribution in [1.82, 2.24) is 5.32 Å². The second-order valence-electron chi connectivity index (χ2n) is 3.81. The molecule has 0 aliphatic carbocycles. The number of carbonyl (C=O) groups is 1. The van der Waals surface area contributed by atoms with E-state index in [1.165, 1.54) is 0 Å². The maximum atomic E-state index is 12.1. The maximum absolute atomic E-state index is 12.1. The quantitative estimate of drug-likeness (QED) is 0.725. The first-order valence-electron chi connectivity index (χ1n) is 5.75. The van der Waals surface area contributed by atoms with Gasteiger partial charge >= 0.3 is 0 Å². The number of carbonyl (C=O) groups excluding carboxylic acids is 1. The van der Waals surface area contributed by atoms with E-state index in [-0.39, 0.29) is 17.6 Å². The van der Waals surface area contributed by atoms with Crippen molar-refractivity contribution in [2.24, 2.45) is 0 Å². The molecule has 0 aliphatic heterocycles. The van der Waals surface area contributed by atoms with E-state index < -0.39 is 0 Å². The van der Waals surface area contributed by atoms with Crippen molar-refractivity contribution >= 4 is 5.78 Å². The van der Waals surface area contributed by atoms with Crippen molar-refractivity contribution in [3.63, 3.8) is 0 Å². The summed E-state index contributed by atoms with van der Waals surface area (Å²) in [5.74, 6) is 0.288. The van der Waals surface area contributed by atoms with E-state index in [0.29, 0.717) is 5.56 Å². The fraction of sp³-hybridized carbons (Fsp3) is 0.462. The summed E-state index contributed by atoms with van der Waals surface area (Å²) >= 11 is 0. The lowest BCUT2D eigenvalue weighted by atomic mass is 10.0. The van der Waals surface area contributed by atoms with Crippen molar-refractivity contribution in [2.45, 2.75) is 32.7 Å². The van der Waals surface area contributed by atoms with Gasteiger partial charge in [0, 0.05) is 5.56 Å². The molecule has 0 spiro atoms. The maximum Gasteiger partial charge on any atom is 0.179 e. The van der Waals surface area contributed by atoms with Gasteiger partial charge in [0.05, 0.1) is 6.04 Å². The fourth-order valence-electron chi connectivity index (χ4n) is 1.69. The number of phenolic OH excluding ortho intramolecular Hbond substituents is 1. The Kier molecular flexibility index (Phi) is 4.99. The highest BCUT2D eigenvalue weighted by atomic mass is 16.3. The third-order valence-corrected chi connectivity index (χ3v) is 2.50. The Hall–Kier alpha value is -1.35. The standard InChI is InChI=1S/C13H19NO2/c1-3-5-12(14-4-2)13(16)10-6-8-11(15)9-7-10/h6-9,12,14-15H,3-5H2,1-2H3. The third-order valence-electron chi connectivity index (χ3n) is 2.50. The first kappa shape index (κ1) is 12.7. The van der Waals surface area contributed by atoms with Crippen LogP contribution in [-0.4, -0.2) is 23.5 Å². The SMILES string of the molecule is CCCC(NCC)C(=O)c1ccc(O)cc1. The van der Waals surface area contributed by atoms with Crippen LogP contribution in [0.3, 0.4) is 0 Å². The molecule has 88 valence electrons. The Bertz CT molecular complexity index is 326. The van der Waals surface area contributed by atoms with Gasteiger partial charge in [-0.25, -0.2) is 0 Å². The van der Waals surface area contributed by atoms with Crippen LogP contribution in [0.1, 0.15) is 37.0 Å². The first-order valence-corrected chi connectivity index (χ1v) is 5.75. The lowest BCUT2D eigenvalue weighted by Crippen LogP contribution is -2.36. The number of hydrogen-bond donors (Lipinski definition) is 2. The highest BCUT2D eigenvalue weighted by Crippen LogP contribution is 2.13. The summed E-state index contributed by atoms with van der Waals surface area (Å²) in [5, 5.41) is 12.3. The molecule has 0 radical (unpaired) electrons. The second kappa shape index (κ2) is 6.28. The van der Waals surface area contributed by atoms with Gasteiger partial charge in [0.2, 0.25) is 0 Å². The van der Waals surface area contributed by atoms with Crippen LogP contribution in [0.25, 0.3) is 0 Å². The number of benzene rings is 1. The van der Waals surface area contributed by atoms with Crippen molar-refractivity contribution in [2.75, 3.05) is 6.54 Å². The summed E-state index contributed by atoms with van der Waals surface area (Å²) in [6.07, 6.45) is 1.81. The van der Waals surface area contributed by atoms with E-state index in [1.54, 1.807) is 24.3 Å². The zero-order valence-corrected chi connectivity index (χ0v) is 9.86. The number of ketones is 1. The highest BCUT2D eigenvalue weighted by molar-refractivity contribution is 6.00.